The molecule has 0 radical (unpaired) electrons. The number of nitrogens with one attached hydrogen (secondary N) is 1. The molecule has 8 heteroatoms. The molecule has 3 unspecified atom stereocenters. The molecule has 112 valence electrons. The minimum absolute atomic E-state index is 0.0692. The van der Waals surface area contributed by atoms with Crippen molar-refractivity contribution in [2.24, 2.45) is 0 Å². The predicted octanol–water partition coefficient (Wildman–Crippen LogP) is -2.96. The van der Waals surface area contributed by atoms with Crippen molar-refractivity contribution in [2.75, 3.05) is 26.3 Å². The maximum Gasteiger partial charge on any atom is 0.331 e. The third kappa shape index (κ3) is 7.21. The quantitative estimate of drug-likeness (QED) is 0.264. The number of carboxylic acid groups (broad SMARTS) is 1. The zero-order valence-electron chi connectivity index (χ0n) is 10.4. The molecule has 0 saturated heterocycles. The molecule has 7 N–H and O–H groups in total. The maximum atomic E-state index is 10.4. The van der Waals surface area contributed by atoms with Gasteiger partial charge in [0.1, 0.15) is 12.2 Å². The zero-order valence-corrected chi connectivity index (χ0v) is 10.4. The third-order valence-electron chi connectivity index (χ3n) is 2.40. The van der Waals surface area contributed by atoms with Crippen molar-refractivity contribution in [3.05, 3.63) is 11.6 Å². The number of hydrogen-bond acceptors (Lipinski definition) is 7. The fourth-order valence-corrected chi connectivity index (χ4v) is 1.39. The van der Waals surface area contributed by atoms with Crippen LogP contribution in [0.5, 0.6) is 0 Å². The fourth-order valence-electron chi connectivity index (χ4n) is 1.39. The van der Waals surface area contributed by atoms with Gasteiger partial charge in [0.15, 0.2) is 0 Å². The van der Waals surface area contributed by atoms with E-state index in [4.69, 9.17) is 30.6 Å². The molecule has 1 aliphatic rings. The molecular formula is C11H21NO7. The number of rotatable bonds is 5. The molecule has 0 fully saturated rings. The average Bonchev–Trinajstić information content (AvgIpc) is 2.36. The van der Waals surface area contributed by atoms with E-state index in [1.165, 1.54) is 0 Å². The molecule has 0 aliphatic heterocycles. The van der Waals surface area contributed by atoms with E-state index in [-0.39, 0.29) is 25.2 Å². The Bertz CT molecular complexity index is 291. The number of hydrogen-bond donors (Lipinski definition) is 7. The molecule has 8 nitrogen and oxygen atoms in total. The highest BCUT2D eigenvalue weighted by atomic mass is 16.4. The lowest BCUT2D eigenvalue weighted by molar-refractivity contribution is -0.134. The highest BCUT2D eigenvalue weighted by molar-refractivity contribution is 5.87. The summed E-state index contributed by atoms with van der Waals surface area (Å²) in [6.45, 7) is 1.42. The Morgan fingerprint density at radius 3 is 2.11 bits per heavy atom. The minimum atomic E-state index is -1.29. The maximum absolute atomic E-state index is 10.4. The van der Waals surface area contributed by atoms with Gasteiger partial charge >= 0.3 is 5.97 Å². The van der Waals surface area contributed by atoms with Gasteiger partial charge in [0.05, 0.1) is 19.3 Å². The van der Waals surface area contributed by atoms with Crippen LogP contribution in [0.15, 0.2) is 11.6 Å². The van der Waals surface area contributed by atoms with Crippen molar-refractivity contribution >= 4 is 5.97 Å². The number of carbonyl (C=O) groups is 1. The summed E-state index contributed by atoms with van der Waals surface area (Å²) < 4.78 is 0. The number of aliphatic hydroxyl groups excluding tert-OH is 5. The van der Waals surface area contributed by atoms with Gasteiger partial charge in [-0.1, -0.05) is 0 Å². The van der Waals surface area contributed by atoms with Crippen molar-refractivity contribution in [1.29, 1.82) is 0 Å². The van der Waals surface area contributed by atoms with Gasteiger partial charge in [0.2, 0.25) is 0 Å². The van der Waals surface area contributed by atoms with E-state index in [0.29, 0.717) is 13.1 Å². The van der Waals surface area contributed by atoms with Gasteiger partial charge in [0, 0.05) is 25.1 Å². The first-order valence-corrected chi connectivity index (χ1v) is 5.84. The summed E-state index contributed by atoms with van der Waals surface area (Å²) in [6, 6.07) is 0. The summed E-state index contributed by atoms with van der Waals surface area (Å²) in [5, 5.41) is 54.6. The summed E-state index contributed by atoms with van der Waals surface area (Å²) >= 11 is 0. The molecule has 0 bridgehead atoms. The van der Waals surface area contributed by atoms with Crippen LogP contribution in [-0.2, 0) is 4.79 Å². The van der Waals surface area contributed by atoms with Crippen LogP contribution in [0.2, 0.25) is 0 Å². The van der Waals surface area contributed by atoms with Crippen LogP contribution in [-0.4, -0.2) is 81.2 Å². The summed E-state index contributed by atoms with van der Waals surface area (Å²) in [4.78, 5) is 10.4. The predicted molar refractivity (Wildman–Crippen MR) is 65.4 cm³/mol. The van der Waals surface area contributed by atoms with Crippen LogP contribution in [0.4, 0.5) is 0 Å². The molecule has 0 amide bonds. The van der Waals surface area contributed by atoms with Crippen LogP contribution in [0.1, 0.15) is 6.42 Å². The lowest BCUT2D eigenvalue weighted by Crippen LogP contribution is -2.40. The van der Waals surface area contributed by atoms with Gasteiger partial charge in [-0.2, -0.15) is 0 Å². The number of aliphatic carboxylic acids is 1. The Kier molecular flexibility index (Phi) is 9.31. The van der Waals surface area contributed by atoms with Gasteiger partial charge in [-0.15, -0.1) is 0 Å². The molecule has 0 aromatic rings. The second kappa shape index (κ2) is 9.84. The highest BCUT2D eigenvalue weighted by Crippen LogP contribution is 2.19. The largest absolute Gasteiger partial charge is 0.478 e. The first kappa shape index (κ1) is 18.0. The lowest BCUT2D eigenvalue weighted by Gasteiger charge is -2.25. The molecule has 0 aromatic heterocycles. The zero-order chi connectivity index (χ0) is 14.8. The van der Waals surface area contributed by atoms with Crippen LogP contribution in [0, 0.1) is 0 Å². The molecule has 0 spiro atoms. The SMILES string of the molecule is O=C(O)C1=CC(O)C(O)C(O)C1.OCCNCCO. The molecular weight excluding hydrogens is 258 g/mol. The minimum Gasteiger partial charge on any atom is -0.478 e. The Morgan fingerprint density at radius 2 is 1.74 bits per heavy atom. The standard InChI is InChI=1S/C7H10O5.C4H11NO2/c8-4-1-3(7(11)12)2-5(9)6(4)10;6-3-1-5-2-4-7/h1,4-6,8-10H,2H2,(H,11,12);5-7H,1-4H2. The van der Waals surface area contributed by atoms with Crippen molar-refractivity contribution < 1.29 is 35.4 Å². The topological polar surface area (TPSA) is 150 Å². The summed E-state index contributed by atoms with van der Waals surface area (Å²) in [5.74, 6) is -1.18. The van der Waals surface area contributed by atoms with Gasteiger partial charge < -0.3 is 36.0 Å². The van der Waals surface area contributed by atoms with Gasteiger partial charge in [0.25, 0.3) is 0 Å². The number of aliphatic hydroxyl groups is 5. The third-order valence-corrected chi connectivity index (χ3v) is 2.40. The van der Waals surface area contributed by atoms with E-state index in [1.807, 2.05) is 0 Å². The van der Waals surface area contributed by atoms with Gasteiger partial charge in [-0.3, -0.25) is 0 Å². The van der Waals surface area contributed by atoms with Gasteiger partial charge in [-0.05, 0) is 6.08 Å². The van der Waals surface area contributed by atoms with Crippen LogP contribution < -0.4 is 5.32 Å². The average molecular weight is 279 g/mol. The molecule has 0 saturated carbocycles. The second-order valence-electron chi connectivity index (χ2n) is 3.95. The molecule has 1 rings (SSSR count). The highest BCUT2D eigenvalue weighted by Gasteiger charge is 2.31. The van der Waals surface area contributed by atoms with E-state index in [1.54, 1.807) is 0 Å². The van der Waals surface area contributed by atoms with Crippen LogP contribution in [0.25, 0.3) is 0 Å². The Labute approximate surface area is 110 Å². The van der Waals surface area contributed by atoms with E-state index < -0.39 is 24.3 Å². The van der Waals surface area contributed by atoms with Crippen molar-refractivity contribution in [3.63, 3.8) is 0 Å². The van der Waals surface area contributed by atoms with Gasteiger partial charge in [-0.25, -0.2) is 4.79 Å². The Morgan fingerprint density at radius 1 is 1.21 bits per heavy atom. The fraction of sp³-hybridized carbons (Fsp3) is 0.727. The molecule has 3 atom stereocenters. The van der Waals surface area contributed by atoms with E-state index >= 15 is 0 Å². The Balaban J connectivity index is 0.000000399. The lowest BCUT2D eigenvalue weighted by atomic mass is 9.92. The van der Waals surface area contributed by atoms with E-state index in [9.17, 15) is 4.79 Å². The van der Waals surface area contributed by atoms with Crippen LogP contribution >= 0.6 is 0 Å². The van der Waals surface area contributed by atoms with Crippen molar-refractivity contribution in [3.8, 4) is 0 Å². The summed E-state index contributed by atoms with van der Waals surface area (Å²) in [7, 11) is 0. The first-order valence-electron chi connectivity index (χ1n) is 5.84. The first-order chi connectivity index (χ1) is 8.93. The monoisotopic (exact) mass is 279 g/mol. The number of carboxylic acids is 1. The normalized spacial score (nSPS) is 26.2. The molecule has 19 heavy (non-hydrogen) atoms. The molecule has 0 aromatic carbocycles. The van der Waals surface area contributed by atoms with Crippen LogP contribution in [0.3, 0.4) is 0 Å². The molecule has 1 aliphatic carbocycles. The molecule has 0 heterocycles. The summed E-state index contributed by atoms with van der Waals surface area (Å²) in [5.41, 5.74) is -0.0692. The van der Waals surface area contributed by atoms with E-state index in [0.717, 1.165) is 6.08 Å². The van der Waals surface area contributed by atoms with Crippen molar-refractivity contribution in [2.45, 2.75) is 24.7 Å². The van der Waals surface area contributed by atoms with E-state index in [2.05, 4.69) is 5.32 Å². The Hall–Kier alpha value is -1.03. The smallest absolute Gasteiger partial charge is 0.331 e. The summed E-state index contributed by atoms with van der Waals surface area (Å²) in [6.07, 6.45) is -2.86. The van der Waals surface area contributed by atoms with Crippen molar-refractivity contribution in [1.82, 2.24) is 5.32 Å². The second-order valence-corrected chi connectivity index (χ2v) is 3.95.